The van der Waals surface area contributed by atoms with E-state index in [4.69, 9.17) is 12.2 Å². The van der Waals surface area contributed by atoms with Crippen molar-refractivity contribution in [3.8, 4) is 23.6 Å². The summed E-state index contributed by atoms with van der Waals surface area (Å²) in [7, 11) is 0. The molecule has 0 aliphatic carbocycles. The Labute approximate surface area is 91.4 Å². The van der Waals surface area contributed by atoms with Crippen LogP contribution in [0.4, 0.5) is 10.2 Å². The van der Waals surface area contributed by atoms with Crippen LogP contribution in [0.2, 0.25) is 0 Å². The lowest BCUT2D eigenvalue weighted by molar-refractivity contribution is 0.622. The third-order valence-electron chi connectivity index (χ3n) is 1.94. The Morgan fingerprint density at radius 3 is 2.81 bits per heavy atom. The predicted octanol–water partition coefficient (Wildman–Crippen LogP) is 1.24. The molecule has 0 spiro atoms. The van der Waals surface area contributed by atoms with E-state index in [9.17, 15) is 4.39 Å². The second kappa shape index (κ2) is 3.95. The molecule has 0 saturated carbocycles. The molecule has 4 nitrogen and oxygen atoms in total. The zero-order chi connectivity index (χ0) is 11.5. The van der Waals surface area contributed by atoms with Crippen LogP contribution in [0.1, 0.15) is 5.69 Å². The van der Waals surface area contributed by atoms with Crippen molar-refractivity contribution < 1.29 is 4.39 Å². The van der Waals surface area contributed by atoms with Gasteiger partial charge in [0.1, 0.15) is 5.82 Å². The summed E-state index contributed by atoms with van der Waals surface area (Å²) in [6.45, 7) is 0. The molecule has 0 fully saturated rings. The summed E-state index contributed by atoms with van der Waals surface area (Å²) in [6, 6.07) is 1.30. The molecule has 2 aromatic rings. The van der Waals surface area contributed by atoms with Crippen molar-refractivity contribution >= 4 is 5.82 Å². The maximum atomic E-state index is 12.9. The van der Waals surface area contributed by atoms with Gasteiger partial charge in [0.15, 0.2) is 11.5 Å². The minimum absolute atomic E-state index is 0.176. The summed E-state index contributed by atoms with van der Waals surface area (Å²) in [6.07, 6.45) is 9.21. The number of pyridine rings is 1. The molecule has 0 aliphatic heterocycles. The fourth-order valence-corrected chi connectivity index (χ4v) is 1.20. The van der Waals surface area contributed by atoms with Gasteiger partial charge in [0.05, 0.1) is 18.1 Å². The summed E-state index contributed by atoms with van der Waals surface area (Å²) in [5.41, 5.74) is 6.68. The maximum absolute atomic E-state index is 12.9. The minimum atomic E-state index is -0.446. The van der Waals surface area contributed by atoms with Crippen LogP contribution >= 0.6 is 0 Å². The first-order valence-corrected chi connectivity index (χ1v) is 4.41. The SMILES string of the molecule is C#Cc1nc(-c2cncc(F)c2)cnc1N. The minimum Gasteiger partial charge on any atom is -0.381 e. The van der Waals surface area contributed by atoms with Gasteiger partial charge in [-0.1, -0.05) is 0 Å². The average molecular weight is 214 g/mol. The summed E-state index contributed by atoms with van der Waals surface area (Å²) < 4.78 is 12.9. The fourth-order valence-electron chi connectivity index (χ4n) is 1.20. The molecule has 2 rings (SSSR count). The number of nitrogens with two attached hydrogens (primary N) is 1. The van der Waals surface area contributed by atoms with Crippen molar-refractivity contribution in [2.45, 2.75) is 0 Å². The topological polar surface area (TPSA) is 64.7 Å². The van der Waals surface area contributed by atoms with E-state index < -0.39 is 5.82 Å². The molecule has 78 valence electrons. The van der Waals surface area contributed by atoms with E-state index >= 15 is 0 Å². The Hall–Kier alpha value is -2.48. The average Bonchev–Trinajstić information content (AvgIpc) is 2.29. The fraction of sp³-hybridized carbons (Fsp3) is 0. The van der Waals surface area contributed by atoms with Crippen LogP contribution in [0, 0.1) is 18.2 Å². The van der Waals surface area contributed by atoms with Crippen LogP contribution in [0.25, 0.3) is 11.3 Å². The molecule has 0 radical (unpaired) electrons. The standard InChI is InChI=1S/C11H7FN4/c1-2-9-11(13)15-6-10(16-9)7-3-8(12)5-14-4-7/h1,3-6H,(H2,13,15). The van der Waals surface area contributed by atoms with E-state index in [-0.39, 0.29) is 11.5 Å². The lowest BCUT2D eigenvalue weighted by atomic mass is 10.2. The number of rotatable bonds is 1. The Bertz CT molecular complexity index is 574. The number of terminal acetylenes is 1. The highest BCUT2D eigenvalue weighted by Gasteiger charge is 2.05. The molecule has 5 heteroatoms. The van der Waals surface area contributed by atoms with E-state index in [1.165, 1.54) is 18.5 Å². The van der Waals surface area contributed by atoms with E-state index in [1.807, 2.05) is 0 Å². The van der Waals surface area contributed by atoms with Crippen molar-refractivity contribution in [2.24, 2.45) is 0 Å². The Balaban J connectivity index is 2.54. The lowest BCUT2D eigenvalue weighted by Gasteiger charge is -2.02. The van der Waals surface area contributed by atoms with Crippen molar-refractivity contribution in [3.05, 3.63) is 36.2 Å². The zero-order valence-electron chi connectivity index (χ0n) is 8.18. The Morgan fingerprint density at radius 2 is 2.12 bits per heavy atom. The molecule has 0 bridgehead atoms. The number of nitrogen functional groups attached to an aromatic ring is 1. The van der Waals surface area contributed by atoms with Crippen LogP contribution in [0.5, 0.6) is 0 Å². The van der Waals surface area contributed by atoms with Crippen molar-refractivity contribution in [1.82, 2.24) is 15.0 Å². The number of aromatic nitrogens is 3. The quantitative estimate of drug-likeness (QED) is 0.725. The van der Waals surface area contributed by atoms with E-state index in [1.54, 1.807) is 0 Å². The number of halogens is 1. The molecule has 0 saturated heterocycles. The normalized spacial score (nSPS) is 9.75. The van der Waals surface area contributed by atoms with E-state index in [0.29, 0.717) is 11.3 Å². The molecular formula is C11H7FN4. The molecule has 2 heterocycles. The van der Waals surface area contributed by atoms with Gasteiger partial charge >= 0.3 is 0 Å². The van der Waals surface area contributed by atoms with Gasteiger partial charge in [-0.15, -0.1) is 6.42 Å². The van der Waals surface area contributed by atoms with Gasteiger partial charge in [-0.3, -0.25) is 4.98 Å². The van der Waals surface area contributed by atoms with Crippen LogP contribution < -0.4 is 5.73 Å². The van der Waals surface area contributed by atoms with Crippen molar-refractivity contribution in [2.75, 3.05) is 5.73 Å². The van der Waals surface area contributed by atoms with Crippen LogP contribution in [0.3, 0.4) is 0 Å². The van der Waals surface area contributed by atoms with Crippen LogP contribution in [0.15, 0.2) is 24.7 Å². The summed E-state index contributed by atoms with van der Waals surface area (Å²) in [4.78, 5) is 11.7. The molecule has 0 atom stereocenters. The largest absolute Gasteiger partial charge is 0.381 e. The first-order chi connectivity index (χ1) is 7.70. The molecule has 2 N–H and O–H groups in total. The second-order valence-corrected chi connectivity index (χ2v) is 3.03. The smallest absolute Gasteiger partial charge is 0.158 e. The molecule has 2 aromatic heterocycles. The summed E-state index contributed by atoms with van der Waals surface area (Å²) in [5, 5.41) is 0. The summed E-state index contributed by atoms with van der Waals surface area (Å²) >= 11 is 0. The van der Waals surface area contributed by atoms with Gasteiger partial charge in [0.2, 0.25) is 0 Å². The van der Waals surface area contributed by atoms with Gasteiger partial charge in [-0.25, -0.2) is 14.4 Å². The number of hydrogen-bond donors (Lipinski definition) is 1. The molecule has 0 aromatic carbocycles. The highest BCUT2D eigenvalue weighted by Crippen LogP contribution is 2.17. The highest BCUT2D eigenvalue weighted by atomic mass is 19.1. The second-order valence-electron chi connectivity index (χ2n) is 3.03. The Kier molecular flexibility index (Phi) is 2.48. The van der Waals surface area contributed by atoms with Gasteiger partial charge in [0.25, 0.3) is 0 Å². The molecule has 0 aliphatic rings. The van der Waals surface area contributed by atoms with E-state index in [2.05, 4.69) is 20.9 Å². The van der Waals surface area contributed by atoms with Gasteiger partial charge < -0.3 is 5.73 Å². The third-order valence-corrected chi connectivity index (χ3v) is 1.94. The first-order valence-electron chi connectivity index (χ1n) is 4.41. The highest BCUT2D eigenvalue weighted by molar-refractivity contribution is 5.60. The lowest BCUT2D eigenvalue weighted by Crippen LogP contribution is -1.99. The number of hydrogen-bond acceptors (Lipinski definition) is 4. The predicted molar refractivity (Wildman–Crippen MR) is 57.6 cm³/mol. The molecule has 0 unspecified atom stereocenters. The van der Waals surface area contributed by atoms with Crippen LogP contribution in [-0.4, -0.2) is 15.0 Å². The molecule has 0 amide bonds. The van der Waals surface area contributed by atoms with Crippen LogP contribution in [-0.2, 0) is 0 Å². The molecular weight excluding hydrogens is 207 g/mol. The zero-order valence-corrected chi connectivity index (χ0v) is 8.18. The number of nitrogens with zero attached hydrogens (tertiary/aromatic N) is 3. The van der Waals surface area contributed by atoms with Gasteiger partial charge in [0, 0.05) is 11.8 Å². The Morgan fingerprint density at radius 1 is 1.31 bits per heavy atom. The number of anilines is 1. The monoisotopic (exact) mass is 214 g/mol. The van der Waals surface area contributed by atoms with Crippen molar-refractivity contribution in [1.29, 1.82) is 0 Å². The van der Waals surface area contributed by atoms with Crippen molar-refractivity contribution in [3.63, 3.8) is 0 Å². The van der Waals surface area contributed by atoms with Gasteiger partial charge in [-0.2, -0.15) is 0 Å². The summed E-state index contributed by atoms with van der Waals surface area (Å²) in [5.74, 6) is 2.04. The van der Waals surface area contributed by atoms with Gasteiger partial charge in [-0.05, 0) is 12.0 Å². The first kappa shape index (κ1) is 10.1. The van der Waals surface area contributed by atoms with E-state index in [0.717, 1.165) is 6.20 Å². The maximum Gasteiger partial charge on any atom is 0.158 e. The molecule has 16 heavy (non-hydrogen) atoms. The third kappa shape index (κ3) is 1.81.